The summed E-state index contributed by atoms with van der Waals surface area (Å²) >= 11 is 0. The molecule has 0 radical (unpaired) electrons. The lowest BCUT2D eigenvalue weighted by Gasteiger charge is -2.42. The van der Waals surface area contributed by atoms with Gasteiger partial charge in [-0.3, -0.25) is 4.79 Å². The zero-order chi connectivity index (χ0) is 21.9. The first kappa shape index (κ1) is 22.3. The first-order chi connectivity index (χ1) is 14.1. The number of anilines is 1. The van der Waals surface area contributed by atoms with Crippen LogP contribution in [0.3, 0.4) is 0 Å². The van der Waals surface area contributed by atoms with Crippen LogP contribution in [0.2, 0.25) is 0 Å². The second-order valence-electron chi connectivity index (χ2n) is 9.61. The summed E-state index contributed by atoms with van der Waals surface area (Å²) in [6, 6.07) is 3.77. The number of nitrogens with zero attached hydrogens (tertiary/aromatic N) is 4. The van der Waals surface area contributed by atoms with Gasteiger partial charge in [0.25, 0.3) is 0 Å². The van der Waals surface area contributed by atoms with Crippen LogP contribution in [0.25, 0.3) is 0 Å². The van der Waals surface area contributed by atoms with Gasteiger partial charge in [-0.2, -0.15) is 5.10 Å². The van der Waals surface area contributed by atoms with Gasteiger partial charge in [0.15, 0.2) is 5.82 Å². The maximum atomic E-state index is 13.0. The van der Waals surface area contributed by atoms with Gasteiger partial charge in [0, 0.05) is 19.6 Å². The van der Waals surface area contributed by atoms with Crippen LogP contribution >= 0.6 is 0 Å². The zero-order valence-electron chi connectivity index (χ0n) is 18.6. The molecule has 8 nitrogen and oxygen atoms in total. The second kappa shape index (κ2) is 9.18. The standard InChI is InChI=1S/C22H35N5O3/c1-15(20(23)28)18-10-11-19(25-24-18)26-12-6-9-17(14-26)27(13-16-7-5-8-16)21(29)30-22(2,3)4/h10-11,15-17H,5-9,12-14H2,1-4H3,(H2,23,28)/t15?,17-/m1/s1. The summed E-state index contributed by atoms with van der Waals surface area (Å²) in [6.45, 7) is 9.76. The predicted molar refractivity (Wildman–Crippen MR) is 115 cm³/mol. The summed E-state index contributed by atoms with van der Waals surface area (Å²) in [7, 11) is 0. The summed E-state index contributed by atoms with van der Waals surface area (Å²) in [5, 5.41) is 8.53. The molecule has 0 aromatic carbocycles. The minimum Gasteiger partial charge on any atom is -0.444 e. The second-order valence-corrected chi connectivity index (χ2v) is 9.61. The van der Waals surface area contributed by atoms with Gasteiger partial charge in [0.05, 0.1) is 17.7 Å². The van der Waals surface area contributed by atoms with Crippen LogP contribution in [-0.4, -0.2) is 58.4 Å². The monoisotopic (exact) mass is 417 g/mol. The summed E-state index contributed by atoms with van der Waals surface area (Å²) in [5.74, 6) is 0.444. The van der Waals surface area contributed by atoms with Gasteiger partial charge in [-0.15, -0.1) is 5.10 Å². The molecule has 166 valence electrons. The number of ether oxygens (including phenoxy) is 1. The summed E-state index contributed by atoms with van der Waals surface area (Å²) in [4.78, 5) is 28.5. The molecule has 1 unspecified atom stereocenters. The van der Waals surface area contributed by atoms with E-state index in [1.807, 2.05) is 31.7 Å². The highest BCUT2D eigenvalue weighted by molar-refractivity contribution is 5.80. The number of carbonyl (C=O) groups is 2. The van der Waals surface area contributed by atoms with E-state index in [0.717, 1.165) is 31.7 Å². The van der Waals surface area contributed by atoms with Crippen LogP contribution in [0, 0.1) is 5.92 Å². The van der Waals surface area contributed by atoms with Crippen LogP contribution in [0.4, 0.5) is 10.6 Å². The fourth-order valence-electron chi connectivity index (χ4n) is 3.94. The Balaban J connectivity index is 1.71. The van der Waals surface area contributed by atoms with Crippen molar-refractivity contribution in [3.05, 3.63) is 17.8 Å². The summed E-state index contributed by atoms with van der Waals surface area (Å²) in [6.07, 6.45) is 5.30. The highest BCUT2D eigenvalue weighted by Crippen LogP contribution is 2.30. The Morgan fingerprint density at radius 2 is 1.97 bits per heavy atom. The first-order valence-electron chi connectivity index (χ1n) is 11.0. The fraction of sp³-hybridized carbons (Fsp3) is 0.727. The van der Waals surface area contributed by atoms with Crippen molar-refractivity contribution in [1.82, 2.24) is 15.1 Å². The molecule has 2 atom stereocenters. The maximum absolute atomic E-state index is 13.0. The normalized spacial score (nSPS) is 20.9. The van der Waals surface area contributed by atoms with Crippen molar-refractivity contribution >= 4 is 17.8 Å². The third-order valence-corrected chi connectivity index (χ3v) is 6.01. The van der Waals surface area contributed by atoms with E-state index in [1.165, 1.54) is 19.3 Å². The van der Waals surface area contributed by atoms with E-state index in [-0.39, 0.29) is 12.1 Å². The van der Waals surface area contributed by atoms with Crippen LogP contribution in [0.5, 0.6) is 0 Å². The molecule has 0 bridgehead atoms. The summed E-state index contributed by atoms with van der Waals surface area (Å²) < 4.78 is 5.72. The average Bonchev–Trinajstić information content (AvgIpc) is 2.65. The number of rotatable bonds is 6. The smallest absolute Gasteiger partial charge is 0.410 e. The van der Waals surface area contributed by atoms with Crippen molar-refractivity contribution in [1.29, 1.82) is 0 Å². The van der Waals surface area contributed by atoms with Gasteiger partial charge in [-0.05, 0) is 71.4 Å². The molecule has 2 N–H and O–H groups in total. The van der Waals surface area contributed by atoms with Crippen molar-refractivity contribution in [3.63, 3.8) is 0 Å². The van der Waals surface area contributed by atoms with E-state index in [0.29, 0.717) is 18.2 Å². The van der Waals surface area contributed by atoms with E-state index in [4.69, 9.17) is 10.5 Å². The lowest BCUT2D eigenvalue weighted by Crippen LogP contribution is -2.53. The molecular formula is C22H35N5O3. The molecule has 1 aromatic rings. The number of hydrogen-bond acceptors (Lipinski definition) is 6. The van der Waals surface area contributed by atoms with Gasteiger partial charge < -0.3 is 20.3 Å². The molecule has 2 heterocycles. The van der Waals surface area contributed by atoms with Crippen molar-refractivity contribution in [2.24, 2.45) is 11.7 Å². The molecule has 1 aromatic heterocycles. The molecule has 2 amide bonds. The number of aromatic nitrogens is 2. The minimum absolute atomic E-state index is 0.0835. The fourth-order valence-corrected chi connectivity index (χ4v) is 3.94. The molecule has 1 saturated carbocycles. The van der Waals surface area contributed by atoms with Gasteiger partial charge in [-0.1, -0.05) is 6.42 Å². The Hall–Kier alpha value is -2.38. The van der Waals surface area contributed by atoms with Crippen LogP contribution < -0.4 is 10.6 Å². The number of piperidine rings is 1. The molecule has 2 aliphatic rings. The Kier molecular flexibility index (Phi) is 6.83. The third-order valence-electron chi connectivity index (χ3n) is 6.01. The van der Waals surface area contributed by atoms with E-state index in [2.05, 4.69) is 15.1 Å². The SMILES string of the molecule is CC(C(N)=O)c1ccc(N2CCC[C@@H](N(CC3CCC3)C(=O)OC(C)(C)C)C2)nn1. The molecule has 1 aliphatic carbocycles. The molecule has 0 spiro atoms. The number of amides is 2. The lowest BCUT2D eigenvalue weighted by molar-refractivity contribution is -0.119. The van der Waals surface area contributed by atoms with Gasteiger partial charge in [0.1, 0.15) is 5.60 Å². The Labute approximate surface area is 179 Å². The maximum Gasteiger partial charge on any atom is 0.410 e. The Morgan fingerprint density at radius 3 is 2.50 bits per heavy atom. The van der Waals surface area contributed by atoms with E-state index in [1.54, 1.807) is 13.0 Å². The van der Waals surface area contributed by atoms with Crippen LogP contribution in [0.1, 0.15) is 71.4 Å². The topological polar surface area (TPSA) is 102 Å². The molecule has 3 rings (SSSR count). The van der Waals surface area contributed by atoms with Crippen molar-refractivity contribution in [2.75, 3.05) is 24.5 Å². The number of carbonyl (C=O) groups excluding carboxylic acids is 2. The largest absolute Gasteiger partial charge is 0.444 e. The van der Waals surface area contributed by atoms with Crippen LogP contribution in [-0.2, 0) is 9.53 Å². The lowest BCUT2D eigenvalue weighted by atomic mass is 9.84. The molecule has 30 heavy (non-hydrogen) atoms. The molecule has 1 saturated heterocycles. The molecular weight excluding hydrogens is 382 g/mol. The average molecular weight is 418 g/mol. The zero-order valence-corrected chi connectivity index (χ0v) is 18.6. The highest BCUT2D eigenvalue weighted by Gasteiger charge is 2.34. The van der Waals surface area contributed by atoms with Gasteiger partial charge in [-0.25, -0.2) is 4.79 Å². The van der Waals surface area contributed by atoms with Gasteiger partial charge >= 0.3 is 6.09 Å². The number of primary amides is 1. The Bertz CT molecular complexity index is 742. The summed E-state index contributed by atoms with van der Waals surface area (Å²) in [5.41, 5.74) is 5.42. The van der Waals surface area contributed by atoms with E-state index >= 15 is 0 Å². The molecule has 2 fully saturated rings. The quantitative estimate of drug-likeness (QED) is 0.763. The van der Waals surface area contributed by atoms with Crippen molar-refractivity contribution in [3.8, 4) is 0 Å². The number of hydrogen-bond donors (Lipinski definition) is 1. The van der Waals surface area contributed by atoms with E-state index in [9.17, 15) is 9.59 Å². The highest BCUT2D eigenvalue weighted by atomic mass is 16.6. The Morgan fingerprint density at radius 1 is 1.23 bits per heavy atom. The predicted octanol–water partition coefficient (Wildman–Crippen LogP) is 3.07. The molecule has 1 aliphatic heterocycles. The third kappa shape index (κ3) is 5.61. The minimum atomic E-state index is -0.512. The van der Waals surface area contributed by atoms with Gasteiger partial charge in [0.2, 0.25) is 5.91 Å². The number of nitrogens with two attached hydrogens (primary N) is 1. The van der Waals surface area contributed by atoms with Crippen LogP contribution in [0.15, 0.2) is 12.1 Å². The van der Waals surface area contributed by atoms with E-state index < -0.39 is 17.4 Å². The molecule has 8 heteroatoms. The van der Waals surface area contributed by atoms with Crippen molar-refractivity contribution in [2.45, 2.75) is 77.4 Å². The van der Waals surface area contributed by atoms with Crippen molar-refractivity contribution < 1.29 is 14.3 Å². The first-order valence-corrected chi connectivity index (χ1v) is 11.0.